The second-order valence-electron chi connectivity index (χ2n) is 5.46. The summed E-state index contributed by atoms with van der Waals surface area (Å²) in [5.41, 5.74) is -0.0289. The van der Waals surface area contributed by atoms with Gasteiger partial charge < -0.3 is 4.74 Å². The van der Waals surface area contributed by atoms with Gasteiger partial charge in [0.1, 0.15) is 11.9 Å². The number of benzene rings is 1. The van der Waals surface area contributed by atoms with Gasteiger partial charge in [0, 0.05) is 4.90 Å². The van der Waals surface area contributed by atoms with Crippen LogP contribution in [0.2, 0.25) is 0 Å². The third-order valence-electron chi connectivity index (χ3n) is 3.99. The molecule has 1 aromatic rings. The molecule has 0 N–H and O–H groups in total. The summed E-state index contributed by atoms with van der Waals surface area (Å²) in [6, 6.07) is 4.17. The Morgan fingerprint density at radius 1 is 1.32 bits per heavy atom. The van der Waals surface area contributed by atoms with Crippen molar-refractivity contribution in [3.05, 3.63) is 29.6 Å². The van der Waals surface area contributed by atoms with Crippen molar-refractivity contribution in [1.29, 1.82) is 0 Å². The van der Waals surface area contributed by atoms with E-state index in [0.717, 1.165) is 19.3 Å². The molecule has 0 aromatic heterocycles. The smallest absolute Gasteiger partial charge is 0.341 e. The minimum Gasteiger partial charge on any atom is -0.459 e. The van der Waals surface area contributed by atoms with Gasteiger partial charge >= 0.3 is 5.97 Å². The van der Waals surface area contributed by atoms with Crippen molar-refractivity contribution in [2.24, 2.45) is 11.8 Å². The average Bonchev–Trinajstić information content (AvgIpc) is 2.36. The molecular weight excluding hydrogens is 263 g/mol. The van der Waals surface area contributed by atoms with Gasteiger partial charge in [-0.15, -0.1) is 12.6 Å². The predicted molar refractivity (Wildman–Crippen MR) is 75.0 cm³/mol. The SMILES string of the molecule is CC1CCC(OC(=O)c2cc(S)ccc2F)CC1C. The molecule has 104 valence electrons. The van der Waals surface area contributed by atoms with Gasteiger partial charge in [-0.2, -0.15) is 0 Å². The highest BCUT2D eigenvalue weighted by molar-refractivity contribution is 7.80. The Labute approximate surface area is 118 Å². The van der Waals surface area contributed by atoms with E-state index in [1.54, 1.807) is 0 Å². The Morgan fingerprint density at radius 2 is 2.05 bits per heavy atom. The molecule has 2 rings (SSSR count). The van der Waals surface area contributed by atoms with E-state index in [9.17, 15) is 9.18 Å². The lowest BCUT2D eigenvalue weighted by atomic mass is 9.80. The lowest BCUT2D eigenvalue weighted by Crippen LogP contribution is -2.29. The van der Waals surface area contributed by atoms with Gasteiger partial charge in [0.2, 0.25) is 0 Å². The lowest BCUT2D eigenvalue weighted by molar-refractivity contribution is 0.00831. The van der Waals surface area contributed by atoms with Crippen LogP contribution in [0.3, 0.4) is 0 Å². The molecule has 0 saturated heterocycles. The molecule has 0 amide bonds. The maximum Gasteiger partial charge on any atom is 0.341 e. The predicted octanol–water partition coefficient (Wildman–Crippen LogP) is 4.10. The third-order valence-corrected chi connectivity index (χ3v) is 4.27. The molecule has 0 aliphatic heterocycles. The molecule has 1 aliphatic carbocycles. The summed E-state index contributed by atoms with van der Waals surface area (Å²) in [6.45, 7) is 4.38. The minimum absolute atomic E-state index is 0.0289. The summed E-state index contributed by atoms with van der Waals surface area (Å²) in [4.78, 5) is 12.5. The van der Waals surface area contributed by atoms with E-state index < -0.39 is 11.8 Å². The van der Waals surface area contributed by atoms with Gasteiger partial charge in [-0.05, 0) is 49.3 Å². The largest absolute Gasteiger partial charge is 0.459 e. The van der Waals surface area contributed by atoms with E-state index in [-0.39, 0.29) is 11.7 Å². The van der Waals surface area contributed by atoms with Crippen molar-refractivity contribution < 1.29 is 13.9 Å². The van der Waals surface area contributed by atoms with Crippen LogP contribution in [0.25, 0.3) is 0 Å². The zero-order valence-corrected chi connectivity index (χ0v) is 12.1. The Hall–Kier alpha value is -1.03. The van der Waals surface area contributed by atoms with Crippen LogP contribution in [0.15, 0.2) is 23.1 Å². The molecule has 0 spiro atoms. The number of carbonyl (C=O) groups excluding carboxylic acids is 1. The van der Waals surface area contributed by atoms with Crippen LogP contribution in [-0.4, -0.2) is 12.1 Å². The van der Waals surface area contributed by atoms with Crippen molar-refractivity contribution in [2.75, 3.05) is 0 Å². The topological polar surface area (TPSA) is 26.3 Å². The number of ether oxygens (including phenoxy) is 1. The molecule has 1 aliphatic rings. The number of carbonyl (C=O) groups is 1. The molecule has 0 heterocycles. The van der Waals surface area contributed by atoms with Gasteiger partial charge in [0.25, 0.3) is 0 Å². The molecule has 1 fully saturated rings. The number of rotatable bonds is 2. The van der Waals surface area contributed by atoms with Gasteiger partial charge in [-0.3, -0.25) is 0 Å². The van der Waals surface area contributed by atoms with Crippen LogP contribution >= 0.6 is 12.6 Å². The molecule has 4 heteroatoms. The van der Waals surface area contributed by atoms with Gasteiger partial charge in [-0.1, -0.05) is 13.8 Å². The first-order valence-corrected chi connectivity index (χ1v) is 7.11. The van der Waals surface area contributed by atoms with Crippen molar-refractivity contribution >= 4 is 18.6 Å². The van der Waals surface area contributed by atoms with Crippen LogP contribution in [0.4, 0.5) is 4.39 Å². The maximum absolute atomic E-state index is 13.6. The summed E-state index contributed by atoms with van der Waals surface area (Å²) in [5.74, 6) is 0.0558. The van der Waals surface area contributed by atoms with Crippen LogP contribution < -0.4 is 0 Å². The molecule has 2 nitrogen and oxygen atoms in total. The first-order valence-electron chi connectivity index (χ1n) is 6.67. The average molecular weight is 282 g/mol. The fraction of sp³-hybridized carbons (Fsp3) is 0.533. The molecule has 0 bridgehead atoms. The second kappa shape index (κ2) is 5.95. The van der Waals surface area contributed by atoms with Crippen molar-refractivity contribution in [3.63, 3.8) is 0 Å². The van der Waals surface area contributed by atoms with E-state index >= 15 is 0 Å². The number of hydrogen-bond acceptors (Lipinski definition) is 3. The Kier molecular flexibility index (Phi) is 4.50. The summed E-state index contributed by atoms with van der Waals surface area (Å²) >= 11 is 4.11. The van der Waals surface area contributed by atoms with Gasteiger partial charge in [0.15, 0.2) is 0 Å². The van der Waals surface area contributed by atoms with E-state index in [1.807, 2.05) is 0 Å². The van der Waals surface area contributed by atoms with Crippen LogP contribution in [0.5, 0.6) is 0 Å². The zero-order valence-electron chi connectivity index (χ0n) is 11.2. The third kappa shape index (κ3) is 3.50. The van der Waals surface area contributed by atoms with E-state index in [4.69, 9.17) is 4.74 Å². The van der Waals surface area contributed by atoms with Gasteiger partial charge in [0.05, 0.1) is 5.56 Å². The molecule has 1 saturated carbocycles. The molecule has 19 heavy (non-hydrogen) atoms. The Bertz CT molecular complexity index is 475. The Morgan fingerprint density at radius 3 is 2.74 bits per heavy atom. The Balaban J connectivity index is 2.03. The highest BCUT2D eigenvalue weighted by atomic mass is 32.1. The number of hydrogen-bond donors (Lipinski definition) is 1. The number of halogens is 1. The minimum atomic E-state index is -0.583. The van der Waals surface area contributed by atoms with Crippen LogP contribution in [0, 0.1) is 17.7 Å². The fourth-order valence-corrected chi connectivity index (χ4v) is 2.69. The highest BCUT2D eigenvalue weighted by Gasteiger charge is 2.28. The fourth-order valence-electron chi connectivity index (χ4n) is 2.49. The molecule has 1 aromatic carbocycles. The molecule has 3 unspecified atom stereocenters. The summed E-state index contributed by atoms with van der Waals surface area (Å²) in [6.07, 6.45) is 2.67. The van der Waals surface area contributed by atoms with Crippen molar-refractivity contribution in [3.8, 4) is 0 Å². The monoisotopic (exact) mass is 282 g/mol. The van der Waals surface area contributed by atoms with Gasteiger partial charge in [-0.25, -0.2) is 9.18 Å². The van der Waals surface area contributed by atoms with E-state index in [0.29, 0.717) is 16.7 Å². The van der Waals surface area contributed by atoms with Crippen LogP contribution in [0.1, 0.15) is 43.5 Å². The quantitative estimate of drug-likeness (QED) is 0.653. The zero-order chi connectivity index (χ0) is 14.0. The maximum atomic E-state index is 13.6. The van der Waals surface area contributed by atoms with E-state index in [2.05, 4.69) is 26.5 Å². The normalized spacial score (nSPS) is 27.1. The van der Waals surface area contributed by atoms with Crippen molar-refractivity contribution in [1.82, 2.24) is 0 Å². The second-order valence-corrected chi connectivity index (χ2v) is 5.98. The molecule has 3 atom stereocenters. The lowest BCUT2D eigenvalue weighted by Gasteiger charge is -2.31. The first kappa shape index (κ1) is 14.4. The highest BCUT2D eigenvalue weighted by Crippen LogP contribution is 2.31. The molecule has 0 radical (unpaired) electrons. The standard InChI is InChI=1S/C15H19FO2S/c1-9-3-4-11(7-10(9)2)18-15(17)13-8-12(19)5-6-14(13)16/h5-6,8-11,19H,3-4,7H2,1-2H3. The van der Waals surface area contributed by atoms with Crippen molar-refractivity contribution in [2.45, 2.75) is 44.1 Å². The summed E-state index contributed by atoms with van der Waals surface area (Å²) in [7, 11) is 0. The summed E-state index contributed by atoms with van der Waals surface area (Å²) < 4.78 is 19.0. The number of esters is 1. The molecular formula is C15H19FO2S. The number of thiol groups is 1. The van der Waals surface area contributed by atoms with Crippen LogP contribution in [-0.2, 0) is 4.74 Å². The van der Waals surface area contributed by atoms with E-state index in [1.165, 1.54) is 18.2 Å². The first-order chi connectivity index (χ1) is 8.97. The summed E-state index contributed by atoms with van der Waals surface area (Å²) in [5, 5.41) is 0.